The Bertz CT molecular complexity index is 336. The molecule has 0 aromatic rings. The Hall–Kier alpha value is -1.10. The Morgan fingerprint density at radius 2 is 1.90 bits per heavy atom. The lowest BCUT2D eigenvalue weighted by Crippen LogP contribution is -2.58. The van der Waals surface area contributed by atoms with E-state index in [0.717, 1.165) is 25.8 Å². The highest BCUT2D eigenvalue weighted by Gasteiger charge is 2.43. The van der Waals surface area contributed by atoms with Crippen LogP contribution in [0.5, 0.6) is 0 Å². The number of carboxylic acid groups (broad SMARTS) is 1. The third-order valence-electron chi connectivity index (χ3n) is 4.46. The highest BCUT2D eigenvalue weighted by atomic mass is 16.4. The molecule has 0 radical (unpaired) electrons. The van der Waals surface area contributed by atoms with E-state index >= 15 is 0 Å². The molecule has 3 N–H and O–H groups in total. The number of amides is 1. The predicted octanol–water partition coefficient (Wildman–Crippen LogP) is 1.77. The molecule has 0 aliphatic heterocycles. The summed E-state index contributed by atoms with van der Waals surface area (Å²) in [7, 11) is 0. The minimum Gasteiger partial charge on any atom is -0.480 e. The summed E-state index contributed by atoms with van der Waals surface area (Å²) in [6.07, 6.45) is 3.93. The number of rotatable bonds is 7. The Kier molecular flexibility index (Phi) is 6.46. The van der Waals surface area contributed by atoms with Gasteiger partial charge in [0.25, 0.3) is 0 Å². The molecule has 116 valence electrons. The normalized spacial score (nSPS) is 27.9. The smallest absolute Gasteiger partial charge is 0.329 e. The van der Waals surface area contributed by atoms with Crippen molar-refractivity contribution in [2.45, 2.75) is 58.4 Å². The van der Waals surface area contributed by atoms with Crippen molar-refractivity contribution in [2.75, 3.05) is 13.1 Å². The summed E-state index contributed by atoms with van der Waals surface area (Å²) in [6.45, 7) is 7.33. The van der Waals surface area contributed by atoms with Crippen LogP contribution in [0.3, 0.4) is 0 Å². The van der Waals surface area contributed by atoms with Crippen LogP contribution in [0.25, 0.3) is 0 Å². The van der Waals surface area contributed by atoms with Crippen molar-refractivity contribution in [1.82, 2.24) is 10.6 Å². The Morgan fingerprint density at radius 3 is 2.35 bits per heavy atom. The molecule has 20 heavy (non-hydrogen) atoms. The molecule has 1 unspecified atom stereocenters. The van der Waals surface area contributed by atoms with Gasteiger partial charge in [0.05, 0.1) is 0 Å². The van der Waals surface area contributed by atoms with E-state index < -0.39 is 11.5 Å². The van der Waals surface area contributed by atoms with Crippen molar-refractivity contribution < 1.29 is 14.7 Å². The van der Waals surface area contributed by atoms with Crippen LogP contribution in [0.15, 0.2) is 0 Å². The molecule has 0 heterocycles. The summed E-state index contributed by atoms with van der Waals surface area (Å²) >= 11 is 0. The molecule has 0 saturated heterocycles. The number of hydrogen-bond acceptors (Lipinski definition) is 3. The van der Waals surface area contributed by atoms with Gasteiger partial charge in [-0.2, -0.15) is 0 Å². The maximum Gasteiger partial charge on any atom is 0.329 e. The first-order valence-corrected chi connectivity index (χ1v) is 7.71. The van der Waals surface area contributed by atoms with Crippen molar-refractivity contribution in [3.63, 3.8) is 0 Å². The summed E-state index contributed by atoms with van der Waals surface area (Å²) in [5, 5.41) is 15.4. The number of carbonyl (C=O) groups excluding carboxylic acids is 1. The van der Waals surface area contributed by atoms with E-state index in [1.54, 1.807) is 0 Å². The lowest BCUT2D eigenvalue weighted by atomic mass is 9.75. The van der Waals surface area contributed by atoms with E-state index in [-0.39, 0.29) is 11.8 Å². The van der Waals surface area contributed by atoms with Gasteiger partial charge in [0.15, 0.2) is 0 Å². The van der Waals surface area contributed by atoms with Crippen LogP contribution in [0.1, 0.15) is 52.9 Å². The zero-order chi connectivity index (χ0) is 15.2. The standard InChI is InChI=1S/C15H28N2O3/c1-4-12-6-8-15(9-7-12,14(19)20)17-13(18)11(3)10-16-5-2/h11-12,16H,4-10H2,1-3H3,(H,17,18)(H,19,20). The Morgan fingerprint density at radius 1 is 1.30 bits per heavy atom. The van der Waals surface area contributed by atoms with Gasteiger partial charge in [0.2, 0.25) is 5.91 Å². The van der Waals surface area contributed by atoms with Gasteiger partial charge in [-0.3, -0.25) is 4.79 Å². The van der Waals surface area contributed by atoms with Crippen molar-refractivity contribution in [2.24, 2.45) is 11.8 Å². The fourth-order valence-corrected chi connectivity index (χ4v) is 2.78. The third kappa shape index (κ3) is 4.20. The molecule has 1 atom stereocenters. The molecule has 5 heteroatoms. The Labute approximate surface area is 121 Å². The van der Waals surface area contributed by atoms with Gasteiger partial charge >= 0.3 is 5.97 Å². The van der Waals surface area contributed by atoms with Gasteiger partial charge in [-0.05, 0) is 38.1 Å². The van der Waals surface area contributed by atoms with E-state index in [2.05, 4.69) is 17.6 Å². The molecule has 0 bridgehead atoms. The second kappa shape index (κ2) is 7.62. The molecule has 1 saturated carbocycles. The largest absolute Gasteiger partial charge is 0.480 e. The number of carbonyl (C=O) groups is 2. The van der Waals surface area contributed by atoms with E-state index in [9.17, 15) is 14.7 Å². The van der Waals surface area contributed by atoms with Gasteiger partial charge in [-0.1, -0.05) is 27.2 Å². The van der Waals surface area contributed by atoms with Crippen LogP contribution in [0, 0.1) is 11.8 Å². The van der Waals surface area contributed by atoms with Gasteiger partial charge < -0.3 is 15.7 Å². The van der Waals surface area contributed by atoms with E-state index in [1.165, 1.54) is 0 Å². The van der Waals surface area contributed by atoms with Crippen LogP contribution in [0.4, 0.5) is 0 Å². The fourth-order valence-electron chi connectivity index (χ4n) is 2.78. The molecule has 5 nitrogen and oxygen atoms in total. The van der Waals surface area contributed by atoms with Crippen LogP contribution >= 0.6 is 0 Å². The highest BCUT2D eigenvalue weighted by molar-refractivity contribution is 5.88. The molecule has 1 fully saturated rings. The first kappa shape index (κ1) is 17.0. The lowest BCUT2D eigenvalue weighted by Gasteiger charge is -2.37. The molecule has 1 aliphatic rings. The highest BCUT2D eigenvalue weighted by Crippen LogP contribution is 2.34. The van der Waals surface area contributed by atoms with E-state index in [1.807, 2.05) is 13.8 Å². The van der Waals surface area contributed by atoms with Crippen molar-refractivity contribution in [3.05, 3.63) is 0 Å². The molecule has 1 amide bonds. The van der Waals surface area contributed by atoms with Gasteiger partial charge in [0.1, 0.15) is 5.54 Å². The summed E-state index contributed by atoms with van der Waals surface area (Å²) in [5.41, 5.74) is -1.05. The molecule has 1 rings (SSSR count). The Balaban J connectivity index is 2.64. The second-order valence-electron chi connectivity index (χ2n) is 5.94. The van der Waals surface area contributed by atoms with Gasteiger partial charge in [-0.15, -0.1) is 0 Å². The predicted molar refractivity (Wildman–Crippen MR) is 78.5 cm³/mol. The number of nitrogens with one attached hydrogen (secondary N) is 2. The zero-order valence-corrected chi connectivity index (χ0v) is 12.9. The van der Waals surface area contributed by atoms with Gasteiger partial charge in [-0.25, -0.2) is 4.79 Å². The van der Waals surface area contributed by atoms with Crippen LogP contribution in [-0.2, 0) is 9.59 Å². The average Bonchev–Trinajstić information content (AvgIpc) is 2.45. The number of hydrogen-bond donors (Lipinski definition) is 3. The topological polar surface area (TPSA) is 78.4 Å². The quantitative estimate of drug-likeness (QED) is 0.666. The molecule has 1 aliphatic carbocycles. The van der Waals surface area contributed by atoms with E-state index in [4.69, 9.17) is 0 Å². The molecule has 0 aromatic heterocycles. The van der Waals surface area contributed by atoms with Crippen molar-refractivity contribution >= 4 is 11.9 Å². The van der Waals surface area contributed by atoms with Crippen molar-refractivity contribution in [1.29, 1.82) is 0 Å². The number of aliphatic carboxylic acids is 1. The van der Waals surface area contributed by atoms with E-state index in [0.29, 0.717) is 25.3 Å². The maximum absolute atomic E-state index is 12.2. The molecule has 0 aromatic carbocycles. The van der Waals surface area contributed by atoms with Crippen molar-refractivity contribution in [3.8, 4) is 0 Å². The third-order valence-corrected chi connectivity index (χ3v) is 4.46. The minimum absolute atomic E-state index is 0.164. The van der Waals surface area contributed by atoms with Gasteiger partial charge in [0, 0.05) is 12.5 Å². The summed E-state index contributed by atoms with van der Waals surface area (Å²) in [5.74, 6) is -0.673. The zero-order valence-electron chi connectivity index (χ0n) is 12.9. The average molecular weight is 284 g/mol. The lowest BCUT2D eigenvalue weighted by molar-refractivity contribution is -0.150. The second-order valence-corrected chi connectivity index (χ2v) is 5.94. The van der Waals surface area contributed by atoms with Crippen LogP contribution in [0.2, 0.25) is 0 Å². The first-order valence-electron chi connectivity index (χ1n) is 7.71. The fraction of sp³-hybridized carbons (Fsp3) is 0.867. The summed E-state index contributed by atoms with van der Waals surface area (Å²) in [4.78, 5) is 23.8. The number of carboxylic acids is 1. The molecular formula is C15H28N2O3. The monoisotopic (exact) mass is 284 g/mol. The minimum atomic E-state index is -1.05. The maximum atomic E-state index is 12.2. The van der Waals surface area contributed by atoms with Crippen LogP contribution in [-0.4, -0.2) is 35.6 Å². The summed E-state index contributed by atoms with van der Waals surface area (Å²) in [6, 6.07) is 0. The SMILES string of the molecule is CCNCC(C)C(=O)NC1(C(=O)O)CCC(CC)CC1. The molecular weight excluding hydrogens is 256 g/mol. The van der Waals surface area contributed by atoms with Crippen LogP contribution < -0.4 is 10.6 Å². The molecule has 0 spiro atoms. The first-order chi connectivity index (χ1) is 9.45. The summed E-state index contributed by atoms with van der Waals surface area (Å²) < 4.78 is 0.